The van der Waals surface area contributed by atoms with Gasteiger partial charge in [-0.05, 0) is 91.1 Å². The molecule has 0 aliphatic rings. The molecule has 0 unspecified atom stereocenters. The number of fused-ring (bicyclic) bond motifs is 4. The summed E-state index contributed by atoms with van der Waals surface area (Å²) < 4.78 is 56.1. The lowest BCUT2D eigenvalue weighted by molar-refractivity contribution is 0.394. The van der Waals surface area contributed by atoms with E-state index >= 15 is 0 Å². The van der Waals surface area contributed by atoms with E-state index in [4.69, 9.17) is 74.7 Å². The summed E-state index contributed by atoms with van der Waals surface area (Å²) in [5.41, 5.74) is 26.8. The topological polar surface area (TPSA) is 374 Å². The summed E-state index contributed by atoms with van der Waals surface area (Å²) in [6.07, 6.45) is 38.6. The van der Waals surface area contributed by atoms with E-state index in [9.17, 15) is 0 Å². The average Bonchev–Trinajstić information content (AvgIpc) is 1.59. The summed E-state index contributed by atoms with van der Waals surface area (Å²) >= 11 is 0. The van der Waals surface area contributed by atoms with Crippen molar-refractivity contribution in [2.45, 2.75) is 12.8 Å². The van der Waals surface area contributed by atoms with Crippen LogP contribution in [0.25, 0.3) is 89.2 Å². The smallest absolute Gasteiger partial charge is 0.216 e. The van der Waals surface area contributed by atoms with Crippen molar-refractivity contribution in [1.29, 1.82) is 0 Å². The first kappa shape index (κ1) is 95.2. The number of nitrogens with zero attached hydrogens (tertiary/aromatic N) is 26. The zero-order valence-electron chi connectivity index (χ0n) is 79.5. The number of nitrogen functional groups attached to an aromatic ring is 1. The first-order valence-corrected chi connectivity index (χ1v) is 44.0. The molecule has 0 aliphatic heterocycles. The minimum Gasteiger partial charge on any atom is -0.497 e. The molecule has 36 heteroatoms. The third-order valence-electron chi connectivity index (χ3n) is 22.0. The molecule has 0 atom stereocenters. The molecule has 706 valence electrons. The average molecular weight is 1880 g/mol. The molecule has 8 aromatic carbocycles. The van der Waals surface area contributed by atoms with Crippen LogP contribution in [-0.2, 0) is 34.6 Å². The second kappa shape index (κ2) is 44.9. The lowest BCUT2D eigenvalue weighted by atomic mass is 10.1. The summed E-state index contributed by atoms with van der Waals surface area (Å²) in [4.78, 5) is 71.4. The van der Waals surface area contributed by atoms with Gasteiger partial charge in [-0.2, -0.15) is 25.4 Å². The number of ether oxygens (including phenoxy) is 9. The van der Waals surface area contributed by atoms with Crippen LogP contribution in [0, 0.1) is 36.0 Å². The second-order valence-electron chi connectivity index (χ2n) is 31.4. The van der Waals surface area contributed by atoms with E-state index in [1.54, 1.807) is 169 Å². The zero-order chi connectivity index (χ0) is 98.3. The predicted octanol–water partition coefficient (Wildman–Crippen LogP) is 16.1. The van der Waals surface area contributed by atoms with Gasteiger partial charge in [-0.3, -0.25) is 43.6 Å². The van der Waals surface area contributed by atoms with Crippen LogP contribution in [0.3, 0.4) is 0 Å². The lowest BCUT2D eigenvalue weighted by Crippen LogP contribution is -2.19. The molecule has 0 fully saturated rings. The van der Waals surface area contributed by atoms with Gasteiger partial charge < -0.3 is 68.0 Å². The maximum absolute atomic E-state index is 5.67. The highest BCUT2D eigenvalue weighted by atomic mass is 16.5. The molecule has 0 spiro atoms. The minimum atomic E-state index is 0.346. The van der Waals surface area contributed by atoms with Gasteiger partial charge in [0.1, 0.15) is 69.0 Å². The molecule has 11 aromatic heterocycles. The van der Waals surface area contributed by atoms with Gasteiger partial charge in [0.15, 0.2) is 0 Å². The van der Waals surface area contributed by atoms with Crippen molar-refractivity contribution in [2.24, 2.45) is 28.2 Å². The molecule has 0 amide bonds. The summed E-state index contributed by atoms with van der Waals surface area (Å²) in [5.74, 6) is 22.3. The summed E-state index contributed by atoms with van der Waals surface area (Å²) in [6.45, 7) is 1.80. The van der Waals surface area contributed by atoms with E-state index in [2.05, 4.69) is 122 Å². The molecule has 0 radical (unpaired) electrons. The lowest BCUT2D eigenvalue weighted by Gasteiger charge is -2.26. The van der Waals surface area contributed by atoms with Crippen LogP contribution >= 0.6 is 0 Å². The van der Waals surface area contributed by atoms with Crippen LogP contribution in [0.4, 0.5) is 51.3 Å². The molecule has 11 heterocycles. The van der Waals surface area contributed by atoms with Crippen molar-refractivity contribution < 1.29 is 42.6 Å². The third kappa shape index (κ3) is 23.9. The molecule has 0 aliphatic carbocycles. The Morgan fingerprint density at radius 3 is 0.950 bits per heavy atom. The van der Waals surface area contributed by atoms with Gasteiger partial charge in [-0.15, -0.1) is 6.42 Å². The molecular weight excluding hydrogens is 1780 g/mol. The number of hydrogen-bond acceptors (Lipinski definition) is 32. The standard InChI is InChI=1S/C28H29N7O3.C27H24N8O2.C27H23N7O2.C23H21N5O2/c1-34-18-19(16-31-34)26-17-30-24-8-7-20(14-25(24)32-26)35(21-12-22(36-2)15-23(13-21)37-3)11-5-6-27-29-10-9-28(33-27)38-4;1-34-17-18(13-32-34)26-15-30-24-7-6-20(11-25(24)33-26)35(8-4-5-19-14-31-27(28)16-29-19)21-9-22(36-2)12-23(10-21)37-3;1-33-18-19(15-31-33)27-17-30-25-7-6-21(13-26(25)32-27)34(10-4-5-20-16-28-8-9-29-20)22-11-23(35-2)14-24(12-22)36-3;1-5-8-28(18-9-19(29-3)12-20(10-18)30-4)17-6-7-21-22(11-17)26-23(14-24-21)16-13-25-27(2)15-16/h7-10,12-18H,5-6,11H2,1-4H3;6-7,9-17H,8H2,1-3H3,(H2,28,31);6-9,11-18H,10H2,1-3H3;1,6-7,9-15H,8H2,2-4H3. The summed E-state index contributed by atoms with van der Waals surface area (Å²) in [5, 5.41) is 17.0. The highest BCUT2D eigenvalue weighted by Gasteiger charge is 2.22. The van der Waals surface area contributed by atoms with E-state index in [0.717, 1.165) is 147 Å². The van der Waals surface area contributed by atoms with Crippen molar-refractivity contribution in [2.75, 3.05) is 116 Å². The fourth-order valence-corrected chi connectivity index (χ4v) is 14.9. The fraction of sp³-hybridized carbons (Fsp3) is 0.181. The number of nitrogens with two attached hydrogens (primary N) is 1. The van der Waals surface area contributed by atoms with Crippen molar-refractivity contribution >= 4 is 95.5 Å². The molecule has 141 heavy (non-hydrogen) atoms. The monoisotopic (exact) mass is 1880 g/mol. The van der Waals surface area contributed by atoms with E-state index in [1.165, 1.54) is 6.20 Å². The first-order valence-electron chi connectivity index (χ1n) is 44.0. The molecule has 0 saturated carbocycles. The van der Waals surface area contributed by atoms with Gasteiger partial charge in [0, 0.05) is 231 Å². The quantitative estimate of drug-likeness (QED) is 0.0445. The largest absolute Gasteiger partial charge is 0.497 e. The molecule has 19 aromatic rings. The fourth-order valence-electron chi connectivity index (χ4n) is 14.9. The maximum Gasteiger partial charge on any atom is 0.216 e. The van der Waals surface area contributed by atoms with Gasteiger partial charge in [0.05, 0.1) is 219 Å². The van der Waals surface area contributed by atoms with Crippen molar-refractivity contribution in [3.8, 4) is 133 Å². The van der Waals surface area contributed by atoms with Crippen molar-refractivity contribution in [3.05, 3.63) is 280 Å². The minimum absolute atomic E-state index is 0.346. The number of terminal acetylenes is 1. The Morgan fingerprint density at radius 2 is 0.645 bits per heavy atom. The Bertz CT molecular complexity index is 7710. The van der Waals surface area contributed by atoms with Crippen LogP contribution in [0.1, 0.15) is 23.6 Å². The number of hydrogen-bond donors (Lipinski definition) is 1. The summed E-state index contributed by atoms with van der Waals surface area (Å²) in [7, 11) is 22.1. The third-order valence-corrected chi connectivity index (χ3v) is 22.0. The molecular formula is C105H97N27O9. The summed E-state index contributed by atoms with van der Waals surface area (Å²) in [6, 6.07) is 48.5. The number of methoxy groups -OCH3 is 9. The number of rotatable bonds is 28. The number of aromatic nitrogens is 22. The van der Waals surface area contributed by atoms with Gasteiger partial charge in [-0.1, -0.05) is 17.8 Å². The van der Waals surface area contributed by atoms with Crippen LogP contribution in [-0.4, -0.2) is 199 Å². The van der Waals surface area contributed by atoms with Gasteiger partial charge in [-0.25, -0.2) is 39.9 Å². The Morgan fingerprint density at radius 1 is 0.305 bits per heavy atom. The molecule has 2 N–H and O–H groups in total. The second-order valence-corrected chi connectivity index (χ2v) is 31.4. The van der Waals surface area contributed by atoms with Crippen LogP contribution < -0.4 is 68.0 Å². The normalized spacial score (nSPS) is 10.7. The first-order chi connectivity index (χ1) is 68.8. The van der Waals surface area contributed by atoms with Crippen molar-refractivity contribution in [1.82, 2.24) is 109 Å². The van der Waals surface area contributed by atoms with Gasteiger partial charge in [0.2, 0.25) is 5.88 Å². The van der Waals surface area contributed by atoms with Gasteiger partial charge >= 0.3 is 0 Å². The number of aryl methyl sites for hydroxylation is 5. The van der Waals surface area contributed by atoms with E-state index in [-0.39, 0.29) is 0 Å². The van der Waals surface area contributed by atoms with E-state index < -0.39 is 0 Å². The van der Waals surface area contributed by atoms with E-state index in [1.807, 2.05) is 196 Å². The molecule has 19 rings (SSSR count). The van der Waals surface area contributed by atoms with Crippen LogP contribution in [0.15, 0.2) is 263 Å². The molecule has 0 saturated heterocycles. The Labute approximate surface area is 812 Å². The molecule has 0 bridgehead atoms. The maximum atomic E-state index is 5.67. The Balaban J connectivity index is 0.000000136. The van der Waals surface area contributed by atoms with Gasteiger partial charge in [0.25, 0.3) is 0 Å². The molecule has 36 nitrogen and oxygen atoms in total. The number of benzene rings is 8. The number of anilines is 9. The van der Waals surface area contributed by atoms with Crippen LogP contribution in [0.5, 0.6) is 51.9 Å². The Hall–Kier alpha value is -18.9. The SMILES string of the molecule is C#CCN(c1cc(OC)cc(OC)c1)c1ccc2ncc(-c3cnn(C)c3)nc2c1.COc1cc(OC)cc(N(CC#Cc2cnc(N)cn2)c2ccc3ncc(-c4cnn(C)c4)nc3c2)c1.COc1cc(OC)cc(N(CC#Cc2cnccn2)c2ccc3ncc(-c4cnn(C)c4)nc3c2)c1.COc1cc(OC)cc(N(CCCc2nccc(OC)n2)c2ccc3ncc(-c4cnn(C)c4)nc3c2)c1. The zero-order valence-corrected chi connectivity index (χ0v) is 79.5. The van der Waals surface area contributed by atoms with E-state index in [0.29, 0.717) is 102 Å². The highest BCUT2D eigenvalue weighted by molar-refractivity contribution is 5.88. The van der Waals surface area contributed by atoms with Crippen molar-refractivity contribution in [3.63, 3.8) is 0 Å². The Kier molecular flexibility index (Phi) is 30.4. The highest BCUT2D eigenvalue weighted by Crippen LogP contribution is 2.40. The van der Waals surface area contributed by atoms with Crippen LogP contribution in [0.2, 0.25) is 0 Å². The predicted molar refractivity (Wildman–Crippen MR) is 541 cm³/mol.